The third-order valence-electron chi connectivity index (χ3n) is 2.39. The van der Waals surface area contributed by atoms with E-state index in [-0.39, 0.29) is 0 Å². The van der Waals surface area contributed by atoms with Crippen molar-refractivity contribution >= 4 is 17.7 Å². The van der Waals surface area contributed by atoms with Crippen molar-refractivity contribution in [1.29, 1.82) is 0 Å². The summed E-state index contributed by atoms with van der Waals surface area (Å²) in [5.41, 5.74) is 2.07. The highest BCUT2D eigenvalue weighted by atomic mass is 32.2. The Morgan fingerprint density at radius 3 is 2.44 bits per heavy atom. The van der Waals surface area contributed by atoms with Gasteiger partial charge in [0.15, 0.2) is 5.16 Å². The van der Waals surface area contributed by atoms with Gasteiger partial charge in [0.1, 0.15) is 0 Å². The Morgan fingerprint density at radius 2 is 1.89 bits per heavy atom. The lowest BCUT2D eigenvalue weighted by Crippen LogP contribution is -1.99. The van der Waals surface area contributed by atoms with Gasteiger partial charge in [0.05, 0.1) is 5.56 Å². The zero-order chi connectivity index (χ0) is 13.1. The number of hydrogen-bond donors (Lipinski definition) is 1. The molecule has 2 aromatic rings. The van der Waals surface area contributed by atoms with Gasteiger partial charge in [0.25, 0.3) is 0 Å². The number of aromatic nitrogens is 2. The van der Waals surface area contributed by atoms with E-state index in [2.05, 4.69) is 9.97 Å². The molecule has 0 amide bonds. The molecule has 5 heteroatoms. The second-order valence-electron chi connectivity index (χ2n) is 3.93. The van der Waals surface area contributed by atoms with E-state index in [0.29, 0.717) is 10.7 Å². The van der Waals surface area contributed by atoms with E-state index in [9.17, 15) is 4.79 Å². The van der Waals surface area contributed by atoms with Gasteiger partial charge in [-0.05, 0) is 54.9 Å². The fraction of sp³-hybridized carbons (Fsp3) is 0.154. The Labute approximate surface area is 109 Å². The first kappa shape index (κ1) is 12.6. The summed E-state index contributed by atoms with van der Waals surface area (Å²) in [5, 5.41) is 9.60. The van der Waals surface area contributed by atoms with Gasteiger partial charge in [-0.25, -0.2) is 14.8 Å². The molecule has 92 valence electrons. The molecule has 1 aromatic heterocycles. The highest BCUT2D eigenvalue weighted by Gasteiger charge is 2.08. The molecule has 0 spiro atoms. The van der Waals surface area contributed by atoms with E-state index in [0.717, 1.165) is 16.0 Å². The number of carbonyl (C=O) groups is 1. The summed E-state index contributed by atoms with van der Waals surface area (Å²) < 4.78 is 0. The minimum absolute atomic E-state index is 0.323. The monoisotopic (exact) mass is 260 g/mol. The average Bonchev–Trinajstić information content (AvgIpc) is 2.32. The Balaban J connectivity index is 2.22. The van der Waals surface area contributed by atoms with E-state index in [4.69, 9.17) is 5.11 Å². The molecule has 0 saturated heterocycles. The van der Waals surface area contributed by atoms with Gasteiger partial charge >= 0.3 is 5.97 Å². The summed E-state index contributed by atoms with van der Waals surface area (Å²) in [4.78, 5) is 20.2. The first-order valence-corrected chi connectivity index (χ1v) is 6.18. The van der Waals surface area contributed by atoms with Crippen LogP contribution in [0.4, 0.5) is 0 Å². The number of hydrogen-bond acceptors (Lipinski definition) is 4. The highest BCUT2D eigenvalue weighted by Crippen LogP contribution is 2.26. The predicted molar refractivity (Wildman–Crippen MR) is 69.0 cm³/mol. The van der Waals surface area contributed by atoms with Crippen LogP contribution in [0.25, 0.3) is 0 Å². The zero-order valence-electron chi connectivity index (χ0n) is 10.0. The Bertz CT molecular complexity index is 582. The Kier molecular flexibility index (Phi) is 3.62. The van der Waals surface area contributed by atoms with Crippen LogP contribution in [-0.4, -0.2) is 21.0 Å². The van der Waals surface area contributed by atoms with Crippen molar-refractivity contribution in [2.45, 2.75) is 23.9 Å². The van der Waals surface area contributed by atoms with Gasteiger partial charge in [-0.15, -0.1) is 0 Å². The number of carboxylic acids is 1. The van der Waals surface area contributed by atoms with Crippen molar-refractivity contribution in [3.8, 4) is 0 Å². The lowest BCUT2D eigenvalue weighted by molar-refractivity contribution is 0.0696. The van der Waals surface area contributed by atoms with E-state index < -0.39 is 5.97 Å². The first-order chi connectivity index (χ1) is 8.56. The summed E-state index contributed by atoms with van der Waals surface area (Å²) in [6, 6.07) is 5.20. The maximum absolute atomic E-state index is 10.9. The Hall–Kier alpha value is -1.88. The molecule has 0 fully saturated rings. The van der Waals surface area contributed by atoms with Crippen LogP contribution in [0.1, 0.15) is 21.5 Å². The summed E-state index contributed by atoms with van der Waals surface area (Å²) >= 11 is 1.42. The van der Waals surface area contributed by atoms with Gasteiger partial charge in [-0.1, -0.05) is 0 Å². The third kappa shape index (κ3) is 2.87. The van der Waals surface area contributed by atoms with E-state index in [1.165, 1.54) is 11.8 Å². The predicted octanol–water partition coefficient (Wildman–Crippen LogP) is 2.94. The van der Waals surface area contributed by atoms with Crippen LogP contribution in [0.5, 0.6) is 0 Å². The molecule has 1 aromatic carbocycles. The summed E-state index contributed by atoms with van der Waals surface area (Å²) in [7, 11) is 0. The van der Waals surface area contributed by atoms with Crippen LogP contribution in [0, 0.1) is 13.8 Å². The normalized spacial score (nSPS) is 10.3. The Morgan fingerprint density at radius 1 is 1.22 bits per heavy atom. The molecule has 0 atom stereocenters. The molecular weight excluding hydrogens is 248 g/mol. The highest BCUT2D eigenvalue weighted by molar-refractivity contribution is 7.99. The van der Waals surface area contributed by atoms with E-state index in [1.54, 1.807) is 31.5 Å². The molecule has 0 saturated carbocycles. The summed E-state index contributed by atoms with van der Waals surface area (Å²) in [5.74, 6) is -0.907. The molecule has 0 unspecified atom stereocenters. The van der Waals surface area contributed by atoms with Crippen molar-refractivity contribution in [2.75, 3.05) is 0 Å². The fourth-order valence-corrected chi connectivity index (χ4v) is 2.27. The second-order valence-corrected chi connectivity index (χ2v) is 4.97. The fourth-order valence-electron chi connectivity index (χ4n) is 1.48. The van der Waals surface area contributed by atoms with Gasteiger partial charge < -0.3 is 5.11 Å². The van der Waals surface area contributed by atoms with Crippen molar-refractivity contribution in [3.63, 3.8) is 0 Å². The average molecular weight is 260 g/mol. The molecule has 1 N–H and O–H groups in total. The molecule has 18 heavy (non-hydrogen) atoms. The van der Waals surface area contributed by atoms with E-state index in [1.807, 2.05) is 13.0 Å². The number of carboxylic acid groups (broad SMARTS) is 1. The first-order valence-electron chi connectivity index (χ1n) is 5.36. The molecule has 0 aliphatic rings. The van der Waals surface area contributed by atoms with Crippen LogP contribution >= 0.6 is 11.8 Å². The number of nitrogens with zero attached hydrogens (tertiary/aromatic N) is 2. The van der Waals surface area contributed by atoms with Crippen LogP contribution < -0.4 is 0 Å². The molecule has 0 aliphatic carbocycles. The zero-order valence-corrected chi connectivity index (χ0v) is 10.9. The number of rotatable bonds is 3. The van der Waals surface area contributed by atoms with Crippen LogP contribution in [0.3, 0.4) is 0 Å². The van der Waals surface area contributed by atoms with Gasteiger partial charge in [-0.2, -0.15) is 0 Å². The number of benzene rings is 1. The molecule has 0 radical (unpaired) electrons. The largest absolute Gasteiger partial charge is 0.478 e. The summed E-state index contributed by atoms with van der Waals surface area (Å²) in [6.07, 6.45) is 3.52. The second kappa shape index (κ2) is 5.18. The molecular formula is C13H12N2O2S. The van der Waals surface area contributed by atoms with Crippen LogP contribution in [0.2, 0.25) is 0 Å². The SMILES string of the molecule is Cc1cnc(Sc2ccc(C(=O)O)c(C)c2)nc1. The lowest BCUT2D eigenvalue weighted by atomic mass is 10.1. The minimum atomic E-state index is -0.907. The molecule has 0 bridgehead atoms. The van der Waals surface area contributed by atoms with Gasteiger partial charge in [-0.3, -0.25) is 0 Å². The summed E-state index contributed by atoms with van der Waals surface area (Å²) in [6.45, 7) is 3.71. The lowest BCUT2D eigenvalue weighted by Gasteiger charge is -2.04. The maximum Gasteiger partial charge on any atom is 0.335 e. The quantitative estimate of drug-likeness (QED) is 0.860. The van der Waals surface area contributed by atoms with Crippen molar-refractivity contribution < 1.29 is 9.90 Å². The van der Waals surface area contributed by atoms with Gasteiger partial charge in [0.2, 0.25) is 0 Å². The molecule has 1 heterocycles. The maximum atomic E-state index is 10.9. The van der Waals surface area contributed by atoms with Crippen molar-refractivity contribution in [1.82, 2.24) is 9.97 Å². The van der Waals surface area contributed by atoms with Crippen LogP contribution in [0.15, 0.2) is 40.6 Å². The van der Waals surface area contributed by atoms with Crippen molar-refractivity contribution in [2.24, 2.45) is 0 Å². The van der Waals surface area contributed by atoms with Crippen LogP contribution in [-0.2, 0) is 0 Å². The molecule has 0 aliphatic heterocycles. The van der Waals surface area contributed by atoms with Gasteiger partial charge in [0, 0.05) is 17.3 Å². The van der Waals surface area contributed by atoms with Crippen molar-refractivity contribution in [3.05, 3.63) is 47.3 Å². The smallest absolute Gasteiger partial charge is 0.335 e. The third-order valence-corrected chi connectivity index (χ3v) is 3.28. The molecule has 4 nitrogen and oxygen atoms in total. The minimum Gasteiger partial charge on any atom is -0.478 e. The standard InChI is InChI=1S/C13H12N2O2S/c1-8-6-14-13(15-7-8)18-10-3-4-11(12(16)17)9(2)5-10/h3-7H,1-2H3,(H,16,17). The van der Waals surface area contributed by atoms with E-state index >= 15 is 0 Å². The topological polar surface area (TPSA) is 63.1 Å². The number of aryl methyl sites for hydroxylation is 2. The number of aromatic carboxylic acids is 1. The molecule has 2 rings (SSSR count).